The minimum Gasteiger partial charge on any atom is -0.446 e. The summed E-state index contributed by atoms with van der Waals surface area (Å²) in [5.41, 5.74) is 0. The van der Waals surface area contributed by atoms with Gasteiger partial charge in [-0.1, -0.05) is 0 Å². The van der Waals surface area contributed by atoms with Crippen LogP contribution in [0.5, 0.6) is 0 Å². The molecule has 1 N–H and O–H groups in total. The van der Waals surface area contributed by atoms with Crippen LogP contribution in [0.4, 0.5) is 4.79 Å². The van der Waals surface area contributed by atoms with Crippen molar-refractivity contribution in [1.82, 2.24) is 9.03 Å². The minimum atomic E-state index is -3.90. The maximum atomic E-state index is 11.7. The lowest BCUT2D eigenvalue weighted by molar-refractivity contribution is -0.120. The van der Waals surface area contributed by atoms with Gasteiger partial charge in [0.15, 0.2) is 0 Å². The van der Waals surface area contributed by atoms with Crippen molar-refractivity contribution in [3.63, 3.8) is 0 Å². The molecule has 1 heterocycles. The van der Waals surface area contributed by atoms with E-state index in [0.717, 1.165) is 4.31 Å². The number of ketones is 1. The summed E-state index contributed by atoms with van der Waals surface area (Å²) in [5, 5.41) is 0. The summed E-state index contributed by atoms with van der Waals surface area (Å²) in [5.74, 6) is 0.0289. The van der Waals surface area contributed by atoms with Crippen molar-refractivity contribution in [2.24, 2.45) is 0 Å². The van der Waals surface area contributed by atoms with E-state index in [0.29, 0.717) is 0 Å². The maximum Gasteiger partial charge on any atom is 0.422 e. The second-order valence-corrected chi connectivity index (χ2v) is 5.67. The van der Waals surface area contributed by atoms with Gasteiger partial charge < -0.3 is 4.74 Å². The first-order valence-corrected chi connectivity index (χ1v) is 6.75. The Labute approximate surface area is 100 Å². The molecular formula is C9H16N2O5S. The molecule has 0 atom stereocenters. The summed E-state index contributed by atoms with van der Waals surface area (Å²) in [7, 11) is -3.90. The maximum absolute atomic E-state index is 11.7. The van der Waals surface area contributed by atoms with Gasteiger partial charge in [-0.25, -0.2) is 9.52 Å². The molecule has 0 spiro atoms. The average Bonchev–Trinajstić information content (AvgIpc) is 2.15. The molecule has 1 fully saturated rings. The zero-order valence-corrected chi connectivity index (χ0v) is 10.6. The van der Waals surface area contributed by atoms with Crippen LogP contribution in [-0.2, 0) is 19.7 Å². The second kappa shape index (κ2) is 5.46. The SMILES string of the molecule is CC(C)OC(=O)NS(=O)(=O)N1CCC(=O)CC1. The number of piperidine rings is 1. The number of hydrogen-bond acceptors (Lipinski definition) is 5. The van der Waals surface area contributed by atoms with Gasteiger partial charge in [0, 0.05) is 25.9 Å². The van der Waals surface area contributed by atoms with Crippen molar-refractivity contribution in [3.8, 4) is 0 Å². The largest absolute Gasteiger partial charge is 0.446 e. The van der Waals surface area contributed by atoms with Gasteiger partial charge in [-0.3, -0.25) is 4.79 Å². The van der Waals surface area contributed by atoms with Crippen molar-refractivity contribution in [3.05, 3.63) is 0 Å². The lowest BCUT2D eigenvalue weighted by Gasteiger charge is -2.25. The van der Waals surface area contributed by atoms with E-state index in [1.807, 2.05) is 0 Å². The third-order valence-electron chi connectivity index (χ3n) is 2.18. The highest BCUT2D eigenvalue weighted by molar-refractivity contribution is 7.87. The molecule has 17 heavy (non-hydrogen) atoms. The number of hydrogen-bond donors (Lipinski definition) is 1. The van der Waals surface area contributed by atoms with E-state index in [4.69, 9.17) is 0 Å². The highest BCUT2D eigenvalue weighted by atomic mass is 32.2. The number of carbonyl (C=O) groups is 2. The lowest BCUT2D eigenvalue weighted by atomic mass is 10.1. The number of Topliss-reactive ketones (excluding diaryl/α,β-unsaturated/α-hetero) is 1. The predicted octanol–water partition coefficient (Wildman–Crippen LogP) is 0.0307. The molecule has 0 aliphatic carbocycles. The Bertz CT molecular complexity index is 394. The van der Waals surface area contributed by atoms with Crippen molar-refractivity contribution >= 4 is 22.1 Å². The summed E-state index contributed by atoms with van der Waals surface area (Å²) in [6.07, 6.45) is -1.04. The summed E-state index contributed by atoms with van der Waals surface area (Å²) >= 11 is 0. The number of nitrogens with one attached hydrogen (secondary N) is 1. The van der Waals surface area contributed by atoms with Crippen molar-refractivity contribution in [2.45, 2.75) is 32.8 Å². The molecule has 0 bridgehead atoms. The normalized spacial score (nSPS) is 18.2. The Morgan fingerprint density at radius 1 is 1.35 bits per heavy atom. The molecule has 0 saturated carbocycles. The quantitative estimate of drug-likeness (QED) is 0.776. The Kier molecular flexibility index (Phi) is 4.47. The Hall–Kier alpha value is -1.15. The first-order chi connectivity index (χ1) is 7.81. The second-order valence-electron chi connectivity index (χ2n) is 4.00. The van der Waals surface area contributed by atoms with Crippen LogP contribution in [0.25, 0.3) is 0 Å². The van der Waals surface area contributed by atoms with Crippen molar-refractivity contribution in [1.29, 1.82) is 0 Å². The van der Waals surface area contributed by atoms with Crippen LogP contribution in [0.15, 0.2) is 0 Å². The molecule has 8 heteroatoms. The standard InChI is InChI=1S/C9H16N2O5S/c1-7(2)16-9(13)10-17(14,15)11-5-3-8(12)4-6-11/h7H,3-6H2,1-2H3,(H,10,13). The molecule has 0 aromatic rings. The Balaban J connectivity index is 2.56. The Morgan fingerprint density at radius 2 is 1.88 bits per heavy atom. The molecule has 1 rings (SSSR count). The molecule has 0 radical (unpaired) electrons. The van der Waals surface area contributed by atoms with Crippen LogP contribution in [-0.4, -0.2) is 43.8 Å². The van der Waals surface area contributed by atoms with Crippen molar-refractivity contribution < 1.29 is 22.7 Å². The smallest absolute Gasteiger partial charge is 0.422 e. The van der Waals surface area contributed by atoms with Crippen LogP contribution in [0, 0.1) is 0 Å². The third kappa shape index (κ3) is 4.31. The predicted molar refractivity (Wildman–Crippen MR) is 59.5 cm³/mol. The van der Waals surface area contributed by atoms with Gasteiger partial charge in [-0.2, -0.15) is 12.7 Å². The van der Waals surface area contributed by atoms with E-state index in [-0.39, 0.29) is 31.7 Å². The van der Waals surface area contributed by atoms with Gasteiger partial charge >= 0.3 is 16.3 Å². The molecular weight excluding hydrogens is 248 g/mol. The summed E-state index contributed by atoms with van der Waals surface area (Å²) in [6.45, 7) is 3.43. The highest BCUT2D eigenvalue weighted by Gasteiger charge is 2.28. The number of amides is 1. The minimum absolute atomic E-state index is 0.0289. The third-order valence-corrected chi connectivity index (χ3v) is 3.64. The van der Waals surface area contributed by atoms with E-state index in [9.17, 15) is 18.0 Å². The van der Waals surface area contributed by atoms with Crippen LogP contribution >= 0.6 is 0 Å². The van der Waals surface area contributed by atoms with E-state index in [2.05, 4.69) is 4.74 Å². The summed E-state index contributed by atoms with van der Waals surface area (Å²) in [6, 6.07) is 0. The Morgan fingerprint density at radius 3 is 2.35 bits per heavy atom. The fourth-order valence-electron chi connectivity index (χ4n) is 1.38. The van der Waals surface area contributed by atoms with Crippen LogP contribution in [0.3, 0.4) is 0 Å². The number of carbonyl (C=O) groups excluding carboxylic acids is 2. The number of ether oxygens (including phenoxy) is 1. The molecule has 1 aliphatic heterocycles. The first kappa shape index (κ1) is 13.9. The lowest BCUT2D eigenvalue weighted by Crippen LogP contribution is -2.47. The van der Waals surface area contributed by atoms with Gasteiger partial charge in [0.05, 0.1) is 6.10 Å². The average molecular weight is 264 g/mol. The molecule has 98 valence electrons. The zero-order chi connectivity index (χ0) is 13.1. The fourth-order valence-corrected chi connectivity index (χ4v) is 2.44. The van der Waals surface area contributed by atoms with E-state index in [1.54, 1.807) is 18.6 Å². The van der Waals surface area contributed by atoms with Gasteiger partial charge in [0.2, 0.25) is 0 Å². The van der Waals surface area contributed by atoms with E-state index >= 15 is 0 Å². The molecule has 1 amide bonds. The van der Waals surface area contributed by atoms with Gasteiger partial charge in [-0.05, 0) is 13.8 Å². The first-order valence-electron chi connectivity index (χ1n) is 5.31. The topological polar surface area (TPSA) is 92.8 Å². The molecule has 0 aromatic heterocycles. The van der Waals surface area contributed by atoms with Crippen molar-refractivity contribution in [2.75, 3.05) is 13.1 Å². The molecule has 0 unspecified atom stereocenters. The molecule has 7 nitrogen and oxygen atoms in total. The summed E-state index contributed by atoms with van der Waals surface area (Å²) in [4.78, 5) is 22.1. The molecule has 0 aromatic carbocycles. The molecule has 1 saturated heterocycles. The van der Waals surface area contributed by atoms with Gasteiger partial charge in [0.1, 0.15) is 5.78 Å². The van der Waals surface area contributed by atoms with Gasteiger partial charge in [-0.15, -0.1) is 0 Å². The van der Waals surface area contributed by atoms with Crippen LogP contribution in [0.1, 0.15) is 26.7 Å². The summed E-state index contributed by atoms with van der Waals surface area (Å²) < 4.78 is 30.9. The van der Waals surface area contributed by atoms with Gasteiger partial charge in [0.25, 0.3) is 0 Å². The fraction of sp³-hybridized carbons (Fsp3) is 0.778. The van der Waals surface area contributed by atoms with E-state index < -0.39 is 22.4 Å². The monoisotopic (exact) mass is 264 g/mol. The highest BCUT2D eigenvalue weighted by Crippen LogP contribution is 2.09. The van der Waals surface area contributed by atoms with Crippen LogP contribution in [0.2, 0.25) is 0 Å². The van der Waals surface area contributed by atoms with E-state index in [1.165, 1.54) is 0 Å². The van der Waals surface area contributed by atoms with Crippen LogP contribution < -0.4 is 4.72 Å². The zero-order valence-electron chi connectivity index (χ0n) is 9.80. The number of rotatable bonds is 3. The molecule has 1 aliphatic rings. The number of nitrogens with zero attached hydrogens (tertiary/aromatic N) is 1.